The summed E-state index contributed by atoms with van der Waals surface area (Å²) in [5.41, 5.74) is 1.89. The van der Waals surface area contributed by atoms with Gasteiger partial charge in [-0.25, -0.2) is 0 Å². The highest BCUT2D eigenvalue weighted by Crippen LogP contribution is 2.31. The maximum atomic E-state index is 10.8. The van der Waals surface area contributed by atoms with Crippen molar-refractivity contribution in [2.24, 2.45) is 0 Å². The van der Waals surface area contributed by atoms with Crippen molar-refractivity contribution in [2.45, 2.75) is 32.6 Å². The lowest BCUT2D eigenvalue weighted by Crippen LogP contribution is -2.22. The molecule has 0 saturated carbocycles. The van der Waals surface area contributed by atoms with Crippen molar-refractivity contribution in [2.75, 3.05) is 0 Å². The normalized spacial score (nSPS) is 11.5. The summed E-state index contributed by atoms with van der Waals surface area (Å²) < 4.78 is 1.02. The first-order valence-electron chi connectivity index (χ1n) is 4.81. The van der Waals surface area contributed by atoms with Gasteiger partial charge in [-0.1, -0.05) is 35.8 Å². The van der Waals surface area contributed by atoms with Crippen LogP contribution in [0.1, 0.15) is 31.4 Å². The largest absolute Gasteiger partial charge is 0.481 e. The monoisotopic (exact) mass is 270 g/mol. The van der Waals surface area contributed by atoms with Crippen LogP contribution in [0, 0.1) is 6.92 Å². The molecule has 0 aromatic heterocycles. The lowest BCUT2D eigenvalue weighted by atomic mass is 9.79. The number of hydrogen-bond acceptors (Lipinski definition) is 1. The van der Waals surface area contributed by atoms with E-state index in [0.29, 0.717) is 0 Å². The quantitative estimate of drug-likeness (QED) is 0.913. The summed E-state index contributed by atoms with van der Waals surface area (Å²) in [6, 6.07) is 5.95. The first kappa shape index (κ1) is 12.2. The molecule has 1 N–H and O–H groups in total. The summed E-state index contributed by atoms with van der Waals surface area (Å²) in [6.45, 7) is 5.92. The van der Waals surface area contributed by atoms with E-state index in [-0.39, 0.29) is 11.8 Å². The van der Waals surface area contributed by atoms with E-state index in [4.69, 9.17) is 5.11 Å². The molecule has 1 aromatic carbocycles. The Bertz CT molecular complexity index is 383. The van der Waals surface area contributed by atoms with Crippen LogP contribution in [-0.2, 0) is 10.2 Å². The Labute approximate surface area is 98.4 Å². The van der Waals surface area contributed by atoms with Gasteiger partial charge >= 0.3 is 5.97 Å². The van der Waals surface area contributed by atoms with E-state index < -0.39 is 5.97 Å². The highest BCUT2D eigenvalue weighted by atomic mass is 79.9. The third kappa shape index (κ3) is 3.06. The smallest absolute Gasteiger partial charge is 0.304 e. The highest BCUT2D eigenvalue weighted by Gasteiger charge is 2.25. The van der Waals surface area contributed by atoms with E-state index >= 15 is 0 Å². The molecule has 0 fully saturated rings. The molecule has 15 heavy (non-hydrogen) atoms. The predicted molar refractivity (Wildman–Crippen MR) is 64.2 cm³/mol. The van der Waals surface area contributed by atoms with Crippen LogP contribution in [0.25, 0.3) is 0 Å². The third-order valence-electron chi connectivity index (χ3n) is 2.51. The van der Waals surface area contributed by atoms with Crippen LogP contribution >= 0.6 is 15.9 Å². The Morgan fingerprint density at radius 2 is 2.07 bits per heavy atom. The van der Waals surface area contributed by atoms with Crippen LogP contribution in [0.2, 0.25) is 0 Å². The highest BCUT2D eigenvalue weighted by molar-refractivity contribution is 9.10. The Balaban J connectivity index is 3.09. The van der Waals surface area contributed by atoms with Crippen LogP contribution in [0.4, 0.5) is 0 Å². The molecule has 0 aliphatic rings. The summed E-state index contributed by atoms with van der Waals surface area (Å²) in [7, 11) is 0. The Kier molecular flexibility index (Phi) is 3.55. The minimum Gasteiger partial charge on any atom is -0.481 e. The molecule has 2 nitrogen and oxygen atoms in total. The molecule has 82 valence electrons. The molecule has 0 unspecified atom stereocenters. The van der Waals surface area contributed by atoms with E-state index in [1.807, 2.05) is 39.0 Å². The van der Waals surface area contributed by atoms with E-state index in [0.717, 1.165) is 15.6 Å². The Hall–Kier alpha value is -0.830. The standard InChI is InChI=1S/C12H15BrO2/c1-8-6-9(13)4-5-10(8)12(2,3)7-11(14)15/h4-6H,7H2,1-3H3,(H,14,15). The maximum absolute atomic E-state index is 10.8. The number of benzene rings is 1. The molecule has 0 spiro atoms. The van der Waals surface area contributed by atoms with Gasteiger partial charge in [-0.05, 0) is 30.2 Å². The molecular weight excluding hydrogens is 256 g/mol. The topological polar surface area (TPSA) is 37.3 Å². The average Bonchev–Trinajstić information content (AvgIpc) is 1.99. The number of aryl methyl sites for hydroxylation is 1. The zero-order valence-electron chi connectivity index (χ0n) is 9.17. The van der Waals surface area contributed by atoms with Gasteiger partial charge < -0.3 is 5.11 Å². The van der Waals surface area contributed by atoms with Crippen molar-refractivity contribution < 1.29 is 9.90 Å². The second-order valence-electron chi connectivity index (χ2n) is 4.41. The van der Waals surface area contributed by atoms with Gasteiger partial charge in [0.15, 0.2) is 0 Å². The molecule has 0 heterocycles. The van der Waals surface area contributed by atoms with Gasteiger partial charge in [0.25, 0.3) is 0 Å². The zero-order chi connectivity index (χ0) is 11.6. The lowest BCUT2D eigenvalue weighted by molar-refractivity contribution is -0.138. The molecule has 0 radical (unpaired) electrons. The Morgan fingerprint density at radius 1 is 1.47 bits per heavy atom. The summed E-state index contributed by atoms with van der Waals surface area (Å²) in [6.07, 6.45) is 0.148. The Morgan fingerprint density at radius 3 is 2.53 bits per heavy atom. The minimum atomic E-state index is -0.762. The average molecular weight is 271 g/mol. The van der Waals surface area contributed by atoms with Crippen LogP contribution in [0.5, 0.6) is 0 Å². The number of hydrogen-bond donors (Lipinski definition) is 1. The van der Waals surface area contributed by atoms with E-state index in [9.17, 15) is 4.79 Å². The fourth-order valence-electron chi connectivity index (χ4n) is 1.86. The van der Waals surface area contributed by atoms with Crippen molar-refractivity contribution in [3.63, 3.8) is 0 Å². The lowest BCUT2D eigenvalue weighted by Gasteiger charge is -2.25. The van der Waals surface area contributed by atoms with Gasteiger partial charge in [0.05, 0.1) is 6.42 Å². The first-order valence-corrected chi connectivity index (χ1v) is 5.60. The summed E-state index contributed by atoms with van der Waals surface area (Å²) in [5, 5.41) is 8.85. The predicted octanol–water partition coefficient (Wildman–Crippen LogP) is 3.51. The zero-order valence-corrected chi connectivity index (χ0v) is 10.8. The third-order valence-corrected chi connectivity index (χ3v) is 3.00. The second-order valence-corrected chi connectivity index (χ2v) is 5.33. The van der Waals surface area contributed by atoms with Crippen molar-refractivity contribution in [3.8, 4) is 0 Å². The molecule has 0 aliphatic heterocycles. The van der Waals surface area contributed by atoms with Gasteiger partial charge in [0, 0.05) is 9.89 Å². The summed E-state index contributed by atoms with van der Waals surface area (Å²) in [4.78, 5) is 10.8. The maximum Gasteiger partial charge on any atom is 0.304 e. The minimum absolute atomic E-state index is 0.148. The number of carboxylic acid groups (broad SMARTS) is 1. The second kappa shape index (κ2) is 4.35. The molecule has 0 atom stereocenters. The summed E-state index contributed by atoms with van der Waals surface area (Å²) in [5.74, 6) is -0.762. The van der Waals surface area contributed by atoms with Gasteiger partial charge in [-0.2, -0.15) is 0 Å². The van der Waals surface area contributed by atoms with Crippen LogP contribution < -0.4 is 0 Å². The molecule has 1 aromatic rings. The van der Waals surface area contributed by atoms with E-state index in [1.54, 1.807) is 0 Å². The van der Waals surface area contributed by atoms with Crippen molar-refractivity contribution in [1.82, 2.24) is 0 Å². The SMILES string of the molecule is Cc1cc(Br)ccc1C(C)(C)CC(=O)O. The molecular formula is C12H15BrO2. The van der Waals surface area contributed by atoms with Crippen LogP contribution in [0.3, 0.4) is 0 Å². The van der Waals surface area contributed by atoms with E-state index in [2.05, 4.69) is 15.9 Å². The molecule has 0 saturated heterocycles. The van der Waals surface area contributed by atoms with Gasteiger partial charge in [-0.15, -0.1) is 0 Å². The van der Waals surface area contributed by atoms with Crippen LogP contribution in [-0.4, -0.2) is 11.1 Å². The van der Waals surface area contributed by atoms with Crippen molar-refractivity contribution >= 4 is 21.9 Å². The molecule has 0 aliphatic carbocycles. The number of carboxylic acids is 1. The van der Waals surface area contributed by atoms with E-state index in [1.165, 1.54) is 0 Å². The fraction of sp³-hybridized carbons (Fsp3) is 0.417. The number of aliphatic carboxylic acids is 1. The van der Waals surface area contributed by atoms with Crippen molar-refractivity contribution in [3.05, 3.63) is 33.8 Å². The fourth-order valence-corrected chi connectivity index (χ4v) is 2.34. The molecule has 0 bridgehead atoms. The number of halogens is 1. The van der Waals surface area contributed by atoms with Crippen LogP contribution in [0.15, 0.2) is 22.7 Å². The number of carbonyl (C=O) groups is 1. The van der Waals surface area contributed by atoms with Gasteiger partial charge in [-0.3, -0.25) is 4.79 Å². The van der Waals surface area contributed by atoms with Gasteiger partial charge in [0.2, 0.25) is 0 Å². The molecule has 3 heteroatoms. The van der Waals surface area contributed by atoms with Gasteiger partial charge in [0.1, 0.15) is 0 Å². The summed E-state index contributed by atoms with van der Waals surface area (Å²) >= 11 is 3.40. The molecule has 1 rings (SSSR count). The number of rotatable bonds is 3. The molecule has 0 amide bonds. The first-order chi connectivity index (χ1) is 6.83. The van der Waals surface area contributed by atoms with Crippen molar-refractivity contribution in [1.29, 1.82) is 0 Å².